The molecule has 0 atom stereocenters. The van der Waals surface area contributed by atoms with Gasteiger partial charge in [-0.2, -0.15) is 8.42 Å². The first-order valence-electron chi connectivity index (χ1n) is 4.93. The number of hydrogen-bond acceptors (Lipinski definition) is 3. The molecule has 0 fully saturated rings. The van der Waals surface area contributed by atoms with Crippen molar-refractivity contribution in [3.05, 3.63) is 57.5 Å². The normalized spacial score (nSPS) is 11.2. The largest absolute Gasteiger partial charge is 0.379 e. The van der Waals surface area contributed by atoms with Crippen LogP contribution < -0.4 is 4.18 Å². The van der Waals surface area contributed by atoms with Crippen LogP contribution in [-0.2, 0) is 10.1 Å². The van der Waals surface area contributed by atoms with Crippen LogP contribution in [0.3, 0.4) is 0 Å². The molecule has 0 N–H and O–H groups in total. The van der Waals surface area contributed by atoms with Gasteiger partial charge in [-0.25, -0.2) is 0 Å². The van der Waals surface area contributed by atoms with Crippen molar-refractivity contribution in [3.63, 3.8) is 0 Å². The highest BCUT2D eigenvalue weighted by atomic mass is 79.9. The van der Waals surface area contributed by atoms with Crippen LogP contribution in [0.4, 0.5) is 0 Å². The molecular formula is C12H8Br2O3S. The van der Waals surface area contributed by atoms with E-state index in [9.17, 15) is 8.42 Å². The van der Waals surface area contributed by atoms with Gasteiger partial charge in [-0.1, -0.05) is 37.9 Å². The fraction of sp³-hybridized carbons (Fsp3) is 0. The van der Waals surface area contributed by atoms with Gasteiger partial charge in [0.05, 0.1) is 0 Å². The summed E-state index contributed by atoms with van der Waals surface area (Å²) < 4.78 is 30.5. The minimum atomic E-state index is -3.79. The summed E-state index contributed by atoms with van der Waals surface area (Å²) in [6.45, 7) is 0. The number of benzene rings is 2. The molecule has 3 nitrogen and oxygen atoms in total. The van der Waals surface area contributed by atoms with Crippen LogP contribution in [0.5, 0.6) is 5.75 Å². The van der Waals surface area contributed by atoms with E-state index in [0.29, 0.717) is 0 Å². The average Bonchev–Trinajstić information content (AvgIpc) is 2.29. The van der Waals surface area contributed by atoms with E-state index in [1.54, 1.807) is 36.4 Å². The zero-order valence-corrected chi connectivity index (χ0v) is 13.0. The lowest BCUT2D eigenvalue weighted by Crippen LogP contribution is -2.09. The molecule has 0 unspecified atom stereocenters. The highest BCUT2D eigenvalue weighted by molar-refractivity contribution is 9.10. The van der Waals surface area contributed by atoms with Gasteiger partial charge in [0.1, 0.15) is 10.6 Å². The van der Waals surface area contributed by atoms with Crippen LogP contribution in [0.25, 0.3) is 0 Å². The molecule has 2 rings (SSSR count). The number of hydrogen-bond donors (Lipinski definition) is 0. The van der Waals surface area contributed by atoms with Crippen molar-refractivity contribution in [3.8, 4) is 5.75 Å². The van der Waals surface area contributed by atoms with Crippen molar-refractivity contribution in [2.75, 3.05) is 0 Å². The van der Waals surface area contributed by atoms with E-state index in [1.165, 1.54) is 12.1 Å². The van der Waals surface area contributed by atoms with Crippen molar-refractivity contribution in [2.24, 2.45) is 0 Å². The molecule has 2 aromatic carbocycles. The molecule has 0 aliphatic heterocycles. The summed E-state index contributed by atoms with van der Waals surface area (Å²) in [5, 5.41) is 0. The molecule has 0 saturated carbocycles. The second kappa shape index (κ2) is 5.42. The molecule has 0 radical (unpaired) electrons. The predicted octanol–water partition coefficient (Wildman–Crippen LogP) is 3.98. The van der Waals surface area contributed by atoms with Gasteiger partial charge in [-0.3, -0.25) is 0 Å². The Labute approximate surface area is 122 Å². The monoisotopic (exact) mass is 390 g/mol. The quantitative estimate of drug-likeness (QED) is 0.743. The van der Waals surface area contributed by atoms with Crippen LogP contribution in [0.1, 0.15) is 0 Å². The minimum Gasteiger partial charge on any atom is -0.379 e. The SMILES string of the molecule is O=S(=O)(Oc1cccc(Br)c1)c1ccc(Br)cc1. The predicted molar refractivity (Wildman–Crippen MR) is 76.1 cm³/mol. The standard InChI is InChI=1S/C12H8Br2O3S/c13-9-4-6-12(7-5-9)18(15,16)17-11-3-1-2-10(14)8-11/h1-8H. The second-order valence-corrected chi connectivity index (χ2v) is 6.83. The van der Waals surface area contributed by atoms with Gasteiger partial charge in [0.2, 0.25) is 0 Å². The van der Waals surface area contributed by atoms with Crippen molar-refractivity contribution >= 4 is 42.0 Å². The molecule has 0 heterocycles. The summed E-state index contributed by atoms with van der Waals surface area (Å²) in [5.74, 6) is 0.271. The molecule has 18 heavy (non-hydrogen) atoms. The molecule has 2 aromatic rings. The topological polar surface area (TPSA) is 43.4 Å². The van der Waals surface area contributed by atoms with Crippen molar-refractivity contribution in [2.45, 2.75) is 4.90 Å². The zero-order valence-electron chi connectivity index (χ0n) is 9.01. The maximum absolute atomic E-state index is 12.0. The van der Waals surface area contributed by atoms with Gasteiger partial charge in [0, 0.05) is 8.95 Å². The first kappa shape index (κ1) is 13.6. The molecule has 0 aliphatic rings. The molecule has 0 aliphatic carbocycles. The van der Waals surface area contributed by atoms with Crippen LogP contribution in [0, 0.1) is 0 Å². The maximum Gasteiger partial charge on any atom is 0.339 e. The maximum atomic E-state index is 12.0. The summed E-state index contributed by atoms with van der Waals surface area (Å²) in [6.07, 6.45) is 0. The van der Waals surface area contributed by atoms with Gasteiger partial charge in [-0.05, 0) is 42.5 Å². The van der Waals surface area contributed by atoms with E-state index >= 15 is 0 Å². The van der Waals surface area contributed by atoms with Crippen LogP contribution in [-0.4, -0.2) is 8.42 Å². The Morgan fingerprint density at radius 1 is 0.889 bits per heavy atom. The van der Waals surface area contributed by atoms with Gasteiger partial charge in [0.25, 0.3) is 0 Å². The molecule has 94 valence electrons. The van der Waals surface area contributed by atoms with E-state index in [4.69, 9.17) is 4.18 Å². The molecule has 0 amide bonds. The second-order valence-electron chi connectivity index (χ2n) is 3.45. The summed E-state index contributed by atoms with van der Waals surface area (Å²) in [5.41, 5.74) is 0. The van der Waals surface area contributed by atoms with Crippen LogP contribution in [0.15, 0.2) is 62.4 Å². The van der Waals surface area contributed by atoms with Crippen LogP contribution >= 0.6 is 31.9 Å². The van der Waals surface area contributed by atoms with E-state index in [2.05, 4.69) is 31.9 Å². The lowest BCUT2D eigenvalue weighted by Gasteiger charge is -2.07. The van der Waals surface area contributed by atoms with E-state index in [0.717, 1.165) is 8.95 Å². The smallest absolute Gasteiger partial charge is 0.339 e. The third kappa shape index (κ3) is 3.34. The highest BCUT2D eigenvalue weighted by Crippen LogP contribution is 2.23. The Hall–Kier alpha value is -0.850. The fourth-order valence-corrected chi connectivity index (χ4v) is 2.86. The van der Waals surface area contributed by atoms with Gasteiger partial charge in [-0.15, -0.1) is 0 Å². The fourth-order valence-electron chi connectivity index (χ4n) is 1.29. The summed E-state index contributed by atoms with van der Waals surface area (Å²) >= 11 is 6.50. The van der Waals surface area contributed by atoms with E-state index in [-0.39, 0.29) is 10.6 Å². The molecule has 0 saturated heterocycles. The molecule has 6 heteroatoms. The van der Waals surface area contributed by atoms with Gasteiger partial charge in [0.15, 0.2) is 0 Å². The Balaban J connectivity index is 2.30. The number of halogens is 2. The lowest BCUT2D eigenvalue weighted by molar-refractivity contribution is 0.486. The lowest BCUT2D eigenvalue weighted by atomic mass is 10.3. The third-order valence-corrected chi connectivity index (χ3v) is 4.39. The first-order chi connectivity index (χ1) is 8.47. The van der Waals surface area contributed by atoms with Crippen LogP contribution in [0.2, 0.25) is 0 Å². The Kier molecular flexibility index (Phi) is 4.09. The number of rotatable bonds is 3. The van der Waals surface area contributed by atoms with Gasteiger partial charge >= 0.3 is 10.1 Å². The Morgan fingerprint density at radius 2 is 1.56 bits per heavy atom. The van der Waals surface area contributed by atoms with Gasteiger partial charge < -0.3 is 4.18 Å². The summed E-state index contributed by atoms with van der Waals surface area (Å²) in [6, 6.07) is 12.9. The van der Waals surface area contributed by atoms with E-state index in [1.807, 2.05) is 0 Å². The Morgan fingerprint density at radius 3 is 2.17 bits per heavy atom. The van der Waals surface area contributed by atoms with Crippen molar-refractivity contribution in [1.29, 1.82) is 0 Å². The molecule has 0 spiro atoms. The molecular weight excluding hydrogens is 384 g/mol. The van der Waals surface area contributed by atoms with Crippen molar-refractivity contribution < 1.29 is 12.6 Å². The average molecular weight is 392 g/mol. The zero-order chi connectivity index (χ0) is 13.2. The summed E-state index contributed by atoms with van der Waals surface area (Å²) in [7, 11) is -3.79. The minimum absolute atomic E-state index is 0.116. The van der Waals surface area contributed by atoms with Crippen molar-refractivity contribution in [1.82, 2.24) is 0 Å². The van der Waals surface area contributed by atoms with E-state index < -0.39 is 10.1 Å². The Bertz CT molecular complexity index is 651. The summed E-state index contributed by atoms with van der Waals surface area (Å²) in [4.78, 5) is 0.116. The first-order valence-corrected chi connectivity index (χ1v) is 7.92. The highest BCUT2D eigenvalue weighted by Gasteiger charge is 2.16. The molecule has 0 bridgehead atoms. The third-order valence-electron chi connectivity index (χ3n) is 2.10. The molecule has 0 aromatic heterocycles.